The zero-order valence-corrected chi connectivity index (χ0v) is 22.0. The van der Waals surface area contributed by atoms with E-state index in [1.165, 1.54) is 12.0 Å². The van der Waals surface area contributed by atoms with Crippen LogP contribution in [0.5, 0.6) is 0 Å². The molecule has 0 bridgehead atoms. The predicted octanol–water partition coefficient (Wildman–Crippen LogP) is 8.19. The highest BCUT2D eigenvalue weighted by Gasteiger charge is 2.48. The Hall–Kier alpha value is -2.15. The molecular formula is C31H40NOP. The van der Waals surface area contributed by atoms with Crippen molar-refractivity contribution in [3.63, 3.8) is 0 Å². The maximum atomic E-state index is 15.8. The van der Waals surface area contributed by atoms with Crippen molar-refractivity contribution in [1.29, 1.82) is 0 Å². The van der Waals surface area contributed by atoms with Crippen LogP contribution in [-0.4, -0.2) is 5.66 Å². The molecule has 0 spiro atoms. The average Bonchev–Trinajstić information content (AvgIpc) is 2.88. The van der Waals surface area contributed by atoms with E-state index in [0.29, 0.717) is 17.8 Å². The lowest BCUT2D eigenvalue weighted by Crippen LogP contribution is -2.39. The summed E-state index contributed by atoms with van der Waals surface area (Å²) in [7, 11) is -2.91. The van der Waals surface area contributed by atoms with Gasteiger partial charge in [0.2, 0.25) is 0 Å². The van der Waals surface area contributed by atoms with Gasteiger partial charge in [-0.05, 0) is 48.6 Å². The van der Waals surface area contributed by atoms with Gasteiger partial charge in [0, 0.05) is 17.0 Å². The van der Waals surface area contributed by atoms with Crippen LogP contribution >= 0.6 is 7.14 Å². The van der Waals surface area contributed by atoms with Crippen molar-refractivity contribution >= 4 is 12.4 Å². The molecule has 1 saturated carbocycles. The lowest BCUT2D eigenvalue weighted by molar-refractivity contribution is 0.235. The van der Waals surface area contributed by atoms with Crippen molar-refractivity contribution in [2.45, 2.75) is 64.4 Å². The highest BCUT2D eigenvalue weighted by atomic mass is 31.2. The van der Waals surface area contributed by atoms with E-state index < -0.39 is 7.14 Å². The van der Waals surface area contributed by atoms with Gasteiger partial charge in [-0.15, -0.1) is 0 Å². The molecule has 1 aliphatic carbocycles. The van der Waals surface area contributed by atoms with E-state index in [-0.39, 0.29) is 17.5 Å². The number of hydrogen-bond donors (Lipinski definition) is 1. The Morgan fingerprint density at radius 2 is 1.29 bits per heavy atom. The summed E-state index contributed by atoms with van der Waals surface area (Å²) in [6.45, 7) is 9.18. The van der Waals surface area contributed by atoms with Crippen molar-refractivity contribution < 1.29 is 4.57 Å². The summed E-state index contributed by atoms with van der Waals surface area (Å²) in [5.74, 6) is 1.34. The van der Waals surface area contributed by atoms with E-state index >= 15 is 4.57 Å². The number of hydrogen-bond acceptors (Lipinski definition) is 2. The molecule has 1 aliphatic rings. The zero-order chi connectivity index (χ0) is 24.1. The molecule has 0 radical (unpaired) electrons. The minimum atomic E-state index is -2.91. The Bertz CT molecular complexity index is 1070. The highest BCUT2D eigenvalue weighted by Crippen LogP contribution is 2.66. The van der Waals surface area contributed by atoms with E-state index in [0.717, 1.165) is 23.7 Å². The van der Waals surface area contributed by atoms with Crippen LogP contribution in [0.3, 0.4) is 0 Å². The standard InChI is InChI=1S/C31H40NOP/c1-23(2)29-21-20-24(3)22-30(29)34(33,28-18-12-7-13-19-28)31(27-16-10-6-11-17-27)32-25(4)26-14-8-5-9-15-26/h5-19,23-25,29-32H,20-22H2,1-4H3/t24-,25+,29+,30-,31+,34?/m1/s1. The Morgan fingerprint density at radius 3 is 1.85 bits per heavy atom. The third-order valence-corrected chi connectivity index (χ3v) is 11.7. The molecule has 1 unspecified atom stereocenters. The minimum Gasteiger partial charge on any atom is -0.316 e. The molecule has 0 amide bonds. The molecule has 3 aromatic carbocycles. The molecule has 1 N–H and O–H groups in total. The third-order valence-electron chi connectivity index (χ3n) is 7.85. The van der Waals surface area contributed by atoms with Crippen molar-refractivity contribution in [3.8, 4) is 0 Å². The maximum Gasteiger partial charge on any atom is 0.139 e. The fraction of sp³-hybridized carbons (Fsp3) is 0.419. The molecule has 0 aliphatic heterocycles. The first-order chi connectivity index (χ1) is 16.4. The third kappa shape index (κ3) is 5.24. The van der Waals surface area contributed by atoms with Crippen LogP contribution in [0.1, 0.15) is 69.9 Å². The second kappa shape index (κ2) is 11.1. The molecule has 4 rings (SSSR count). The molecule has 3 aromatic rings. The Morgan fingerprint density at radius 1 is 0.765 bits per heavy atom. The molecule has 2 nitrogen and oxygen atoms in total. The highest BCUT2D eigenvalue weighted by molar-refractivity contribution is 7.72. The normalized spacial score (nSPS) is 24.3. The molecule has 0 heterocycles. The van der Waals surface area contributed by atoms with Crippen LogP contribution < -0.4 is 10.6 Å². The van der Waals surface area contributed by atoms with Gasteiger partial charge < -0.3 is 4.57 Å². The van der Waals surface area contributed by atoms with E-state index in [9.17, 15) is 0 Å². The minimum absolute atomic E-state index is 0.0851. The zero-order valence-electron chi connectivity index (χ0n) is 21.1. The van der Waals surface area contributed by atoms with Crippen LogP contribution in [0.2, 0.25) is 0 Å². The number of rotatable bonds is 8. The molecular weight excluding hydrogens is 433 g/mol. The summed E-state index contributed by atoms with van der Waals surface area (Å²) in [6.07, 6.45) is 3.42. The summed E-state index contributed by atoms with van der Waals surface area (Å²) in [6, 6.07) is 31.5. The quantitative estimate of drug-likeness (QED) is 0.334. The van der Waals surface area contributed by atoms with Gasteiger partial charge in [0.25, 0.3) is 0 Å². The van der Waals surface area contributed by atoms with Crippen molar-refractivity contribution in [2.24, 2.45) is 17.8 Å². The van der Waals surface area contributed by atoms with Gasteiger partial charge in [-0.25, -0.2) is 0 Å². The van der Waals surface area contributed by atoms with Gasteiger partial charge >= 0.3 is 0 Å². The SMILES string of the molecule is CC(C)[C@@H]1CC[C@@H](C)C[C@H]1P(=O)(c1ccccc1)[C@H](N[C@@H](C)c1ccccc1)c1ccccc1. The second-order valence-electron chi connectivity index (χ2n) is 10.6. The summed E-state index contributed by atoms with van der Waals surface area (Å²) < 4.78 is 15.8. The first-order valence-corrected chi connectivity index (χ1v) is 14.8. The van der Waals surface area contributed by atoms with Gasteiger partial charge in [0.05, 0.1) is 5.78 Å². The number of nitrogens with one attached hydrogen (secondary N) is 1. The molecule has 3 heteroatoms. The van der Waals surface area contributed by atoms with E-state index in [1.54, 1.807) is 0 Å². The van der Waals surface area contributed by atoms with Gasteiger partial charge in [0.15, 0.2) is 0 Å². The average molecular weight is 474 g/mol. The maximum absolute atomic E-state index is 15.8. The van der Waals surface area contributed by atoms with Crippen LogP contribution in [0, 0.1) is 17.8 Å². The van der Waals surface area contributed by atoms with Crippen LogP contribution in [-0.2, 0) is 4.57 Å². The lowest BCUT2D eigenvalue weighted by atomic mass is 9.77. The fourth-order valence-corrected chi connectivity index (χ4v) is 10.4. The fourth-order valence-electron chi connectivity index (χ4n) is 5.92. The monoisotopic (exact) mass is 473 g/mol. The largest absolute Gasteiger partial charge is 0.316 e. The Labute approximate surface area is 206 Å². The Kier molecular flexibility index (Phi) is 8.12. The first kappa shape index (κ1) is 25.0. The van der Waals surface area contributed by atoms with E-state index in [2.05, 4.69) is 112 Å². The topological polar surface area (TPSA) is 29.1 Å². The summed E-state index contributed by atoms with van der Waals surface area (Å²) in [5, 5.41) is 4.91. The Balaban J connectivity index is 1.87. The molecule has 180 valence electrons. The summed E-state index contributed by atoms with van der Waals surface area (Å²) in [5.41, 5.74) is 2.51. The van der Waals surface area contributed by atoms with Gasteiger partial charge in [0.1, 0.15) is 7.14 Å². The van der Waals surface area contributed by atoms with E-state index in [4.69, 9.17) is 0 Å². The molecule has 1 fully saturated rings. The van der Waals surface area contributed by atoms with Gasteiger partial charge in [-0.3, -0.25) is 5.32 Å². The van der Waals surface area contributed by atoms with Crippen LogP contribution in [0.4, 0.5) is 0 Å². The van der Waals surface area contributed by atoms with E-state index in [1.807, 2.05) is 12.1 Å². The summed E-state index contributed by atoms with van der Waals surface area (Å²) in [4.78, 5) is 0. The smallest absolute Gasteiger partial charge is 0.139 e. The first-order valence-electron chi connectivity index (χ1n) is 12.9. The van der Waals surface area contributed by atoms with Gasteiger partial charge in [-0.1, -0.05) is 118 Å². The van der Waals surface area contributed by atoms with Crippen molar-refractivity contribution in [1.82, 2.24) is 5.32 Å². The van der Waals surface area contributed by atoms with Crippen molar-refractivity contribution in [2.75, 3.05) is 0 Å². The molecule has 6 atom stereocenters. The molecule has 0 saturated heterocycles. The van der Waals surface area contributed by atoms with Crippen LogP contribution in [0.25, 0.3) is 0 Å². The number of benzene rings is 3. The van der Waals surface area contributed by atoms with Crippen molar-refractivity contribution in [3.05, 3.63) is 102 Å². The molecule has 0 aromatic heterocycles. The molecule has 34 heavy (non-hydrogen) atoms. The van der Waals surface area contributed by atoms with Gasteiger partial charge in [-0.2, -0.15) is 0 Å². The summed E-state index contributed by atoms with van der Waals surface area (Å²) >= 11 is 0. The lowest BCUT2D eigenvalue weighted by Gasteiger charge is -2.45. The predicted molar refractivity (Wildman–Crippen MR) is 146 cm³/mol. The second-order valence-corrected chi connectivity index (χ2v) is 13.7. The van der Waals surface area contributed by atoms with Crippen LogP contribution in [0.15, 0.2) is 91.0 Å².